The molecule has 0 atom stereocenters. The zero-order chi connectivity index (χ0) is 18.7. The van der Waals surface area contributed by atoms with Crippen LogP contribution >= 0.6 is 0 Å². The number of carbonyl (C=O) groups excluding carboxylic acids is 1. The van der Waals surface area contributed by atoms with Crippen molar-refractivity contribution < 1.29 is 9.18 Å². The third-order valence-electron chi connectivity index (χ3n) is 4.09. The predicted molar refractivity (Wildman–Crippen MR) is 98.4 cm³/mol. The molecule has 0 bridgehead atoms. The van der Waals surface area contributed by atoms with Crippen LogP contribution in [-0.2, 0) is 11.3 Å². The van der Waals surface area contributed by atoms with E-state index in [4.69, 9.17) is 0 Å². The number of anilines is 1. The fourth-order valence-electron chi connectivity index (χ4n) is 2.49. The van der Waals surface area contributed by atoms with E-state index in [1.165, 1.54) is 18.2 Å². The van der Waals surface area contributed by atoms with Crippen LogP contribution in [0.15, 0.2) is 59.4 Å². The first-order chi connectivity index (χ1) is 12.4. The van der Waals surface area contributed by atoms with Crippen molar-refractivity contribution >= 4 is 11.6 Å². The molecule has 0 aliphatic heterocycles. The summed E-state index contributed by atoms with van der Waals surface area (Å²) in [5.74, 6) is -0.700. The molecule has 0 aliphatic rings. The average molecular weight is 351 g/mol. The van der Waals surface area contributed by atoms with Crippen LogP contribution in [0.4, 0.5) is 10.1 Å². The summed E-state index contributed by atoms with van der Waals surface area (Å²) in [5, 5.41) is 6.97. The van der Waals surface area contributed by atoms with Crippen molar-refractivity contribution in [3.63, 3.8) is 0 Å². The second kappa shape index (κ2) is 7.31. The number of carbonyl (C=O) groups is 1. The maximum absolute atomic E-state index is 13.0. The van der Waals surface area contributed by atoms with E-state index in [2.05, 4.69) is 10.4 Å². The fourth-order valence-corrected chi connectivity index (χ4v) is 2.49. The van der Waals surface area contributed by atoms with Crippen molar-refractivity contribution in [2.75, 3.05) is 5.32 Å². The SMILES string of the molecule is Cc1ccc(NC(=O)Cn2nc(-c3ccc(F)cc3)ccc2=O)cc1C. The molecule has 26 heavy (non-hydrogen) atoms. The number of benzene rings is 2. The van der Waals surface area contributed by atoms with Crippen molar-refractivity contribution in [2.24, 2.45) is 0 Å². The zero-order valence-corrected chi connectivity index (χ0v) is 14.5. The van der Waals surface area contributed by atoms with Crippen molar-refractivity contribution in [3.05, 3.63) is 81.9 Å². The van der Waals surface area contributed by atoms with E-state index >= 15 is 0 Å². The van der Waals surface area contributed by atoms with Crippen molar-refractivity contribution in [1.82, 2.24) is 9.78 Å². The third-order valence-corrected chi connectivity index (χ3v) is 4.09. The summed E-state index contributed by atoms with van der Waals surface area (Å²) in [6.45, 7) is 3.75. The van der Waals surface area contributed by atoms with Gasteiger partial charge in [-0.3, -0.25) is 9.59 Å². The lowest BCUT2D eigenvalue weighted by Crippen LogP contribution is -2.29. The number of nitrogens with one attached hydrogen (secondary N) is 1. The molecule has 0 spiro atoms. The molecule has 2 aromatic carbocycles. The normalized spacial score (nSPS) is 10.6. The molecule has 5 nitrogen and oxygen atoms in total. The lowest BCUT2D eigenvalue weighted by molar-refractivity contribution is -0.117. The van der Waals surface area contributed by atoms with E-state index in [1.54, 1.807) is 18.2 Å². The minimum Gasteiger partial charge on any atom is -0.324 e. The van der Waals surface area contributed by atoms with Crippen LogP contribution in [0.25, 0.3) is 11.3 Å². The number of nitrogens with zero attached hydrogens (tertiary/aromatic N) is 2. The van der Waals surface area contributed by atoms with Gasteiger partial charge >= 0.3 is 0 Å². The Hall–Kier alpha value is -3.28. The van der Waals surface area contributed by atoms with E-state index < -0.39 is 0 Å². The minimum absolute atomic E-state index is 0.208. The molecule has 1 aromatic heterocycles. The van der Waals surface area contributed by atoms with Crippen molar-refractivity contribution in [2.45, 2.75) is 20.4 Å². The van der Waals surface area contributed by atoms with Gasteiger partial charge in [-0.05, 0) is 67.4 Å². The molecule has 1 N–H and O–H groups in total. The molecule has 0 unspecified atom stereocenters. The first-order valence-corrected chi connectivity index (χ1v) is 8.13. The highest BCUT2D eigenvalue weighted by Gasteiger charge is 2.09. The molecule has 1 amide bonds. The first kappa shape index (κ1) is 17.5. The second-order valence-electron chi connectivity index (χ2n) is 6.07. The summed E-state index contributed by atoms with van der Waals surface area (Å²) in [4.78, 5) is 24.3. The molecular formula is C20H18FN3O2. The lowest BCUT2D eigenvalue weighted by atomic mass is 10.1. The molecule has 3 aromatic rings. The Morgan fingerprint density at radius 2 is 1.77 bits per heavy atom. The summed E-state index contributed by atoms with van der Waals surface area (Å²) in [7, 11) is 0. The number of hydrogen-bond acceptors (Lipinski definition) is 3. The zero-order valence-electron chi connectivity index (χ0n) is 14.5. The van der Waals surface area contributed by atoms with Crippen molar-refractivity contribution in [3.8, 4) is 11.3 Å². The van der Waals surface area contributed by atoms with Crippen LogP contribution in [0.5, 0.6) is 0 Å². The molecule has 6 heteroatoms. The molecule has 0 aliphatic carbocycles. The quantitative estimate of drug-likeness (QED) is 0.784. The summed E-state index contributed by atoms with van der Waals surface area (Å²) in [6, 6.07) is 14.3. The molecule has 0 radical (unpaired) electrons. The monoisotopic (exact) mass is 351 g/mol. The Morgan fingerprint density at radius 1 is 1.04 bits per heavy atom. The number of hydrogen-bond donors (Lipinski definition) is 1. The van der Waals surface area contributed by atoms with E-state index in [0.717, 1.165) is 15.8 Å². The average Bonchev–Trinajstić information content (AvgIpc) is 2.61. The highest BCUT2D eigenvalue weighted by atomic mass is 19.1. The Labute approximate surface area is 150 Å². The fraction of sp³-hybridized carbons (Fsp3) is 0.150. The van der Waals surface area contributed by atoms with Crippen LogP contribution in [-0.4, -0.2) is 15.7 Å². The van der Waals surface area contributed by atoms with E-state index in [9.17, 15) is 14.0 Å². The van der Waals surface area contributed by atoms with Crippen LogP contribution in [0.1, 0.15) is 11.1 Å². The van der Waals surface area contributed by atoms with Crippen molar-refractivity contribution in [1.29, 1.82) is 0 Å². The summed E-state index contributed by atoms with van der Waals surface area (Å²) in [5.41, 5.74) is 3.63. The maximum atomic E-state index is 13.0. The standard InChI is InChI=1S/C20H18FN3O2/c1-13-3-8-17(11-14(13)2)22-19(25)12-24-20(26)10-9-18(23-24)15-4-6-16(21)7-5-15/h3-11H,12H2,1-2H3,(H,22,25). The Bertz CT molecular complexity index is 1010. The number of rotatable bonds is 4. The van der Waals surface area contributed by atoms with E-state index in [-0.39, 0.29) is 23.8 Å². The Morgan fingerprint density at radius 3 is 2.46 bits per heavy atom. The van der Waals surface area contributed by atoms with Gasteiger partial charge in [-0.2, -0.15) is 5.10 Å². The van der Waals surface area contributed by atoms with Gasteiger partial charge in [-0.1, -0.05) is 6.07 Å². The molecular weight excluding hydrogens is 333 g/mol. The molecule has 1 heterocycles. The minimum atomic E-state index is -0.383. The van der Waals surface area contributed by atoms with Gasteiger partial charge in [-0.15, -0.1) is 0 Å². The van der Waals surface area contributed by atoms with E-state index in [0.29, 0.717) is 16.9 Å². The topological polar surface area (TPSA) is 64.0 Å². The van der Waals surface area contributed by atoms with Gasteiger partial charge in [0, 0.05) is 17.3 Å². The van der Waals surface area contributed by atoms with Gasteiger partial charge in [0.25, 0.3) is 5.56 Å². The van der Waals surface area contributed by atoms with Crippen LogP contribution in [0.2, 0.25) is 0 Å². The maximum Gasteiger partial charge on any atom is 0.267 e. The third kappa shape index (κ3) is 4.03. The molecule has 0 saturated heterocycles. The number of halogens is 1. The number of amides is 1. The molecule has 132 valence electrons. The first-order valence-electron chi connectivity index (χ1n) is 8.13. The van der Waals surface area contributed by atoms with Gasteiger partial charge in [0.2, 0.25) is 5.91 Å². The Kier molecular flexibility index (Phi) is 4.93. The van der Waals surface area contributed by atoms with Gasteiger partial charge in [-0.25, -0.2) is 9.07 Å². The predicted octanol–water partition coefficient (Wildman–Crippen LogP) is 3.30. The number of aryl methyl sites for hydroxylation is 2. The molecule has 3 rings (SSSR count). The second-order valence-corrected chi connectivity index (χ2v) is 6.07. The largest absolute Gasteiger partial charge is 0.324 e. The molecule has 0 fully saturated rings. The highest BCUT2D eigenvalue weighted by molar-refractivity contribution is 5.90. The smallest absolute Gasteiger partial charge is 0.267 e. The van der Waals surface area contributed by atoms with Gasteiger partial charge in [0.05, 0.1) is 5.69 Å². The highest BCUT2D eigenvalue weighted by Crippen LogP contribution is 2.16. The molecule has 0 saturated carbocycles. The van der Waals surface area contributed by atoms with Crippen LogP contribution in [0, 0.1) is 19.7 Å². The van der Waals surface area contributed by atoms with Gasteiger partial charge in [0.1, 0.15) is 12.4 Å². The summed E-state index contributed by atoms with van der Waals surface area (Å²) in [6.07, 6.45) is 0. The van der Waals surface area contributed by atoms with Crippen LogP contribution in [0.3, 0.4) is 0 Å². The Balaban J connectivity index is 1.79. The van der Waals surface area contributed by atoms with E-state index in [1.807, 2.05) is 32.0 Å². The lowest BCUT2D eigenvalue weighted by Gasteiger charge is -2.09. The summed E-state index contributed by atoms with van der Waals surface area (Å²) < 4.78 is 14.1. The summed E-state index contributed by atoms with van der Waals surface area (Å²) >= 11 is 0. The van der Waals surface area contributed by atoms with Gasteiger partial charge in [0.15, 0.2) is 0 Å². The number of aromatic nitrogens is 2. The van der Waals surface area contributed by atoms with Gasteiger partial charge < -0.3 is 5.32 Å². The van der Waals surface area contributed by atoms with Crippen LogP contribution < -0.4 is 10.9 Å².